The van der Waals surface area contributed by atoms with Gasteiger partial charge in [0.05, 0.1) is 11.7 Å². The molecule has 0 heterocycles. The SMILES string of the molecule is O=C(O)c1cc(Nc2ccccc2)cc(Oc2ccc3c(c2)C[C@@H](NC[C@H](O)c2cccc(Cl)c2)CC3)c1. The van der Waals surface area contributed by atoms with Gasteiger partial charge in [-0.3, -0.25) is 0 Å². The van der Waals surface area contributed by atoms with Crippen LogP contribution in [0, 0.1) is 0 Å². The van der Waals surface area contributed by atoms with Crippen LogP contribution in [0.25, 0.3) is 0 Å². The summed E-state index contributed by atoms with van der Waals surface area (Å²) in [5, 5.41) is 27.5. The van der Waals surface area contributed by atoms with Crippen LogP contribution in [-0.4, -0.2) is 28.8 Å². The summed E-state index contributed by atoms with van der Waals surface area (Å²) in [6, 6.07) is 28.0. The van der Waals surface area contributed by atoms with Crippen LogP contribution >= 0.6 is 11.6 Å². The minimum absolute atomic E-state index is 0.140. The third-order valence-corrected chi connectivity index (χ3v) is 6.93. The first-order valence-electron chi connectivity index (χ1n) is 12.6. The largest absolute Gasteiger partial charge is 0.478 e. The lowest BCUT2D eigenvalue weighted by molar-refractivity contribution is 0.0696. The number of aliphatic hydroxyl groups excluding tert-OH is 1. The molecule has 0 unspecified atom stereocenters. The number of benzene rings is 4. The van der Waals surface area contributed by atoms with Gasteiger partial charge in [-0.1, -0.05) is 48.0 Å². The van der Waals surface area contributed by atoms with Crippen LogP contribution in [0.2, 0.25) is 5.02 Å². The van der Waals surface area contributed by atoms with Gasteiger partial charge in [-0.25, -0.2) is 4.79 Å². The molecule has 38 heavy (non-hydrogen) atoms. The third-order valence-electron chi connectivity index (χ3n) is 6.69. The van der Waals surface area contributed by atoms with E-state index >= 15 is 0 Å². The number of rotatable bonds is 9. The number of halogens is 1. The van der Waals surface area contributed by atoms with Crippen molar-refractivity contribution in [2.24, 2.45) is 0 Å². The van der Waals surface area contributed by atoms with Crippen molar-refractivity contribution in [3.05, 3.63) is 118 Å². The molecule has 1 aliphatic carbocycles. The number of hydrogen-bond donors (Lipinski definition) is 4. The number of aromatic carboxylic acids is 1. The van der Waals surface area contributed by atoms with E-state index in [0.717, 1.165) is 30.5 Å². The molecule has 4 aromatic rings. The molecular formula is C31H29ClN2O4. The van der Waals surface area contributed by atoms with E-state index in [1.807, 2.05) is 54.6 Å². The molecule has 0 saturated carbocycles. The van der Waals surface area contributed by atoms with Crippen LogP contribution in [0.15, 0.2) is 91.0 Å². The van der Waals surface area contributed by atoms with E-state index in [-0.39, 0.29) is 11.6 Å². The quantitative estimate of drug-likeness (QED) is 0.192. The molecule has 2 atom stereocenters. The van der Waals surface area contributed by atoms with E-state index in [0.29, 0.717) is 28.8 Å². The number of ether oxygens (including phenoxy) is 1. The lowest BCUT2D eigenvalue weighted by Gasteiger charge is -2.27. The molecule has 1 aliphatic rings. The van der Waals surface area contributed by atoms with Crippen LogP contribution in [0.3, 0.4) is 0 Å². The fraction of sp³-hybridized carbons (Fsp3) is 0.194. The summed E-state index contributed by atoms with van der Waals surface area (Å²) in [6.07, 6.45) is 2.08. The number of nitrogens with one attached hydrogen (secondary N) is 2. The molecule has 0 aromatic heterocycles. The number of aryl methyl sites for hydroxylation is 1. The van der Waals surface area contributed by atoms with Gasteiger partial charge in [0.15, 0.2) is 0 Å². The highest BCUT2D eigenvalue weighted by Gasteiger charge is 2.20. The smallest absolute Gasteiger partial charge is 0.335 e. The Morgan fingerprint density at radius 1 is 0.921 bits per heavy atom. The first kappa shape index (κ1) is 25.8. The summed E-state index contributed by atoms with van der Waals surface area (Å²) >= 11 is 6.06. The van der Waals surface area contributed by atoms with Crippen LogP contribution in [0.5, 0.6) is 11.5 Å². The fourth-order valence-corrected chi connectivity index (χ4v) is 4.96. The lowest BCUT2D eigenvalue weighted by Crippen LogP contribution is -2.37. The predicted molar refractivity (Wildman–Crippen MR) is 150 cm³/mol. The van der Waals surface area contributed by atoms with E-state index in [1.165, 1.54) is 17.2 Å². The topological polar surface area (TPSA) is 90.8 Å². The molecule has 0 fully saturated rings. The molecule has 0 bridgehead atoms. The molecule has 0 spiro atoms. The molecule has 7 heteroatoms. The van der Waals surface area contributed by atoms with Crippen molar-refractivity contribution >= 4 is 28.9 Å². The van der Waals surface area contributed by atoms with Crippen molar-refractivity contribution in [2.45, 2.75) is 31.4 Å². The third kappa shape index (κ3) is 6.53. The minimum atomic E-state index is -1.02. The number of aliphatic hydroxyl groups is 1. The first-order chi connectivity index (χ1) is 18.4. The van der Waals surface area contributed by atoms with Gasteiger partial charge in [0.2, 0.25) is 0 Å². The van der Waals surface area contributed by atoms with Crippen molar-refractivity contribution in [1.29, 1.82) is 0 Å². The van der Waals surface area contributed by atoms with Gasteiger partial charge in [0.1, 0.15) is 11.5 Å². The Morgan fingerprint density at radius 3 is 2.55 bits per heavy atom. The molecule has 0 amide bonds. The van der Waals surface area contributed by atoms with Crippen LogP contribution in [-0.2, 0) is 12.8 Å². The molecule has 6 nitrogen and oxygen atoms in total. The van der Waals surface area contributed by atoms with E-state index < -0.39 is 12.1 Å². The Bertz CT molecular complexity index is 1430. The highest BCUT2D eigenvalue weighted by atomic mass is 35.5. The lowest BCUT2D eigenvalue weighted by atomic mass is 9.88. The number of carbonyl (C=O) groups is 1. The summed E-state index contributed by atoms with van der Waals surface area (Å²) in [5.41, 5.74) is 4.88. The van der Waals surface area contributed by atoms with Crippen molar-refractivity contribution < 1.29 is 19.7 Å². The van der Waals surface area contributed by atoms with Crippen LogP contribution in [0.1, 0.15) is 39.6 Å². The van der Waals surface area contributed by atoms with Gasteiger partial charge >= 0.3 is 5.97 Å². The van der Waals surface area contributed by atoms with Gasteiger partial charge in [-0.05, 0) is 84.5 Å². The van der Waals surface area contributed by atoms with E-state index in [2.05, 4.69) is 16.7 Å². The molecule has 5 rings (SSSR count). The van der Waals surface area contributed by atoms with Gasteiger partial charge < -0.3 is 25.6 Å². The number of carboxylic acid groups (broad SMARTS) is 1. The molecule has 4 N–H and O–H groups in total. The average Bonchev–Trinajstić information content (AvgIpc) is 2.92. The second-order valence-corrected chi connectivity index (χ2v) is 9.93. The number of anilines is 2. The van der Waals surface area contributed by atoms with Crippen molar-refractivity contribution in [1.82, 2.24) is 5.32 Å². The van der Waals surface area contributed by atoms with Gasteiger partial charge in [0.25, 0.3) is 0 Å². The highest BCUT2D eigenvalue weighted by molar-refractivity contribution is 6.30. The molecule has 0 radical (unpaired) electrons. The number of fused-ring (bicyclic) bond motifs is 1. The Morgan fingerprint density at radius 2 is 1.76 bits per heavy atom. The van der Waals surface area contributed by atoms with E-state index in [1.54, 1.807) is 24.3 Å². The first-order valence-corrected chi connectivity index (χ1v) is 13.0. The number of carboxylic acids is 1. The zero-order valence-corrected chi connectivity index (χ0v) is 21.5. The summed E-state index contributed by atoms with van der Waals surface area (Å²) in [5.74, 6) is 0.0702. The second kappa shape index (κ2) is 11.7. The maximum atomic E-state index is 11.7. The second-order valence-electron chi connectivity index (χ2n) is 9.49. The van der Waals surface area contributed by atoms with Gasteiger partial charge in [0, 0.05) is 35.1 Å². The van der Waals surface area contributed by atoms with Crippen molar-refractivity contribution in [3.8, 4) is 11.5 Å². The van der Waals surface area contributed by atoms with Crippen LogP contribution in [0.4, 0.5) is 11.4 Å². The predicted octanol–water partition coefficient (Wildman–Crippen LogP) is 6.75. The number of para-hydroxylation sites is 1. The highest BCUT2D eigenvalue weighted by Crippen LogP contribution is 2.31. The molecule has 4 aromatic carbocycles. The standard InChI is InChI=1S/C31H29ClN2O4/c32-24-6-4-5-21(13-24)30(35)19-33-26-11-9-20-10-12-28(16-22(20)14-26)38-29-17-23(31(36)37)15-27(18-29)34-25-7-2-1-3-8-25/h1-8,10,12-13,15-18,26,30,33-35H,9,11,14,19H2,(H,36,37)/t26-,30-/m0/s1. The summed E-state index contributed by atoms with van der Waals surface area (Å²) < 4.78 is 6.14. The fourth-order valence-electron chi connectivity index (χ4n) is 4.76. The summed E-state index contributed by atoms with van der Waals surface area (Å²) in [4.78, 5) is 11.7. The van der Waals surface area contributed by atoms with Crippen molar-refractivity contribution in [2.75, 3.05) is 11.9 Å². The molecule has 194 valence electrons. The van der Waals surface area contributed by atoms with Gasteiger partial charge in [-0.15, -0.1) is 0 Å². The minimum Gasteiger partial charge on any atom is -0.478 e. The van der Waals surface area contributed by atoms with Gasteiger partial charge in [-0.2, -0.15) is 0 Å². The Hall–Kier alpha value is -3.84. The average molecular weight is 529 g/mol. The Kier molecular flexibility index (Phi) is 7.94. The van der Waals surface area contributed by atoms with Crippen LogP contribution < -0.4 is 15.4 Å². The van der Waals surface area contributed by atoms with E-state index in [4.69, 9.17) is 16.3 Å². The zero-order chi connectivity index (χ0) is 26.5. The normalized spacial score (nSPS) is 15.4. The van der Waals surface area contributed by atoms with E-state index in [9.17, 15) is 15.0 Å². The Labute approximate surface area is 226 Å². The summed E-state index contributed by atoms with van der Waals surface area (Å²) in [6.45, 7) is 0.440. The molecule has 0 aliphatic heterocycles. The number of hydrogen-bond acceptors (Lipinski definition) is 5. The zero-order valence-electron chi connectivity index (χ0n) is 20.7. The van der Waals surface area contributed by atoms with Crippen molar-refractivity contribution in [3.63, 3.8) is 0 Å². The summed E-state index contributed by atoms with van der Waals surface area (Å²) in [7, 11) is 0. The monoisotopic (exact) mass is 528 g/mol. The molecular weight excluding hydrogens is 500 g/mol. The Balaban J connectivity index is 1.27. The molecule has 0 saturated heterocycles. The maximum absolute atomic E-state index is 11.7. The maximum Gasteiger partial charge on any atom is 0.335 e.